The van der Waals surface area contributed by atoms with Gasteiger partial charge in [-0.05, 0) is 49.3 Å². The van der Waals surface area contributed by atoms with Crippen molar-refractivity contribution in [3.63, 3.8) is 0 Å². The van der Waals surface area contributed by atoms with E-state index in [0.717, 1.165) is 12.8 Å². The van der Waals surface area contributed by atoms with Crippen LogP contribution in [-0.2, 0) is 10.0 Å². The lowest BCUT2D eigenvalue weighted by molar-refractivity contribution is -0.385. The van der Waals surface area contributed by atoms with Crippen LogP contribution in [0.4, 0.5) is 5.69 Å². The Hall–Kier alpha value is -2.25. The van der Waals surface area contributed by atoms with Gasteiger partial charge >= 0.3 is 0 Å². The monoisotopic (exact) mass is 374 g/mol. The average molecular weight is 374 g/mol. The van der Waals surface area contributed by atoms with Crippen LogP contribution in [0.2, 0.25) is 0 Å². The minimum atomic E-state index is -3.75. The number of non-ortho nitro benzene ring substituents is 1. The third kappa shape index (κ3) is 3.50. The summed E-state index contributed by atoms with van der Waals surface area (Å²) in [6.45, 7) is 4.23. The fourth-order valence-electron chi connectivity index (χ4n) is 3.48. The van der Waals surface area contributed by atoms with Gasteiger partial charge in [-0.3, -0.25) is 10.1 Å². The first kappa shape index (κ1) is 18.5. The Morgan fingerprint density at radius 1 is 1.08 bits per heavy atom. The summed E-state index contributed by atoms with van der Waals surface area (Å²) in [6, 6.07) is 12.7. The number of rotatable bonds is 4. The van der Waals surface area contributed by atoms with E-state index in [4.69, 9.17) is 0 Å². The topological polar surface area (TPSA) is 80.5 Å². The van der Waals surface area contributed by atoms with Crippen LogP contribution < -0.4 is 0 Å². The van der Waals surface area contributed by atoms with Crippen molar-refractivity contribution in [2.75, 3.05) is 13.1 Å². The molecule has 0 aliphatic carbocycles. The number of nitro groups is 1. The lowest BCUT2D eigenvalue weighted by atomic mass is 9.90. The Labute approximate surface area is 153 Å². The standard InChI is InChI=1S/C19H22N2O4S/c1-14-12-18(21(22)23)13-19(15(14)2)26(24,25)20-10-8-17(9-11-20)16-6-4-3-5-7-16/h3-7,12-13,17H,8-11H2,1-2H3. The fraction of sp³-hybridized carbons (Fsp3) is 0.368. The second-order valence-corrected chi connectivity index (χ2v) is 8.64. The number of hydrogen-bond acceptors (Lipinski definition) is 4. The van der Waals surface area contributed by atoms with E-state index in [1.165, 1.54) is 22.0 Å². The zero-order valence-corrected chi connectivity index (χ0v) is 15.7. The Kier molecular flexibility index (Phi) is 5.11. The normalized spacial score (nSPS) is 16.5. The largest absolute Gasteiger partial charge is 0.271 e. The lowest BCUT2D eigenvalue weighted by Crippen LogP contribution is -2.38. The van der Waals surface area contributed by atoms with Gasteiger partial charge in [0, 0.05) is 25.2 Å². The SMILES string of the molecule is Cc1cc([N+](=O)[O-])cc(S(=O)(=O)N2CCC(c3ccccc3)CC2)c1C. The molecule has 0 amide bonds. The van der Waals surface area contributed by atoms with Gasteiger partial charge in [0.2, 0.25) is 10.0 Å². The van der Waals surface area contributed by atoms with Gasteiger partial charge in [-0.2, -0.15) is 4.31 Å². The van der Waals surface area contributed by atoms with Gasteiger partial charge in [0.1, 0.15) is 0 Å². The molecule has 1 heterocycles. The highest BCUT2D eigenvalue weighted by Crippen LogP contribution is 2.33. The molecule has 0 unspecified atom stereocenters. The number of sulfonamides is 1. The summed E-state index contributed by atoms with van der Waals surface area (Å²) in [5.74, 6) is 0.343. The van der Waals surface area contributed by atoms with E-state index in [-0.39, 0.29) is 10.6 Å². The summed E-state index contributed by atoms with van der Waals surface area (Å²) in [7, 11) is -3.75. The zero-order valence-electron chi connectivity index (χ0n) is 14.9. The van der Waals surface area contributed by atoms with Crippen molar-refractivity contribution < 1.29 is 13.3 Å². The van der Waals surface area contributed by atoms with E-state index in [9.17, 15) is 18.5 Å². The van der Waals surface area contributed by atoms with Crippen LogP contribution in [0, 0.1) is 24.0 Å². The first-order valence-corrected chi connectivity index (χ1v) is 10.1. The third-order valence-electron chi connectivity index (χ3n) is 5.16. The van der Waals surface area contributed by atoms with Gasteiger partial charge in [-0.15, -0.1) is 0 Å². The molecule has 0 N–H and O–H groups in total. The number of aryl methyl sites for hydroxylation is 1. The van der Waals surface area contributed by atoms with Gasteiger partial charge in [0.15, 0.2) is 0 Å². The predicted octanol–water partition coefficient (Wildman–Crippen LogP) is 3.78. The number of piperidine rings is 1. The van der Waals surface area contributed by atoms with Crippen molar-refractivity contribution in [3.05, 3.63) is 69.3 Å². The van der Waals surface area contributed by atoms with Crippen molar-refractivity contribution in [1.82, 2.24) is 4.31 Å². The summed E-state index contributed by atoms with van der Waals surface area (Å²) in [6.07, 6.45) is 1.49. The first-order chi connectivity index (χ1) is 12.3. The van der Waals surface area contributed by atoms with Crippen LogP contribution in [0.25, 0.3) is 0 Å². The van der Waals surface area contributed by atoms with Crippen LogP contribution in [0.5, 0.6) is 0 Å². The molecule has 6 nitrogen and oxygen atoms in total. The highest BCUT2D eigenvalue weighted by molar-refractivity contribution is 7.89. The molecule has 26 heavy (non-hydrogen) atoms. The van der Waals surface area contributed by atoms with Crippen molar-refractivity contribution in [1.29, 1.82) is 0 Å². The van der Waals surface area contributed by atoms with Crippen LogP contribution >= 0.6 is 0 Å². The van der Waals surface area contributed by atoms with Crippen molar-refractivity contribution in [2.45, 2.75) is 37.5 Å². The molecule has 1 aliphatic rings. The average Bonchev–Trinajstić information content (AvgIpc) is 2.64. The second kappa shape index (κ2) is 7.17. The molecule has 138 valence electrons. The molecule has 2 aromatic rings. The second-order valence-electron chi connectivity index (χ2n) is 6.73. The van der Waals surface area contributed by atoms with E-state index in [1.807, 2.05) is 18.2 Å². The molecule has 3 rings (SSSR count). The number of nitrogens with zero attached hydrogens (tertiary/aromatic N) is 2. The van der Waals surface area contributed by atoms with Gasteiger partial charge in [0.25, 0.3) is 5.69 Å². The van der Waals surface area contributed by atoms with Gasteiger partial charge in [-0.1, -0.05) is 30.3 Å². The van der Waals surface area contributed by atoms with Crippen LogP contribution in [0.15, 0.2) is 47.4 Å². The van der Waals surface area contributed by atoms with E-state index >= 15 is 0 Å². The quantitative estimate of drug-likeness (QED) is 0.602. The lowest BCUT2D eigenvalue weighted by Gasteiger charge is -2.31. The zero-order chi connectivity index (χ0) is 18.9. The van der Waals surface area contributed by atoms with E-state index in [0.29, 0.717) is 30.1 Å². The minimum absolute atomic E-state index is 0.0439. The molecule has 0 saturated carbocycles. The van der Waals surface area contributed by atoms with Crippen molar-refractivity contribution >= 4 is 15.7 Å². The summed E-state index contributed by atoms with van der Waals surface area (Å²) in [5, 5.41) is 11.1. The summed E-state index contributed by atoms with van der Waals surface area (Å²) in [5.41, 5.74) is 2.22. The molecule has 1 aliphatic heterocycles. The molecule has 2 aromatic carbocycles. The van der Waals surface area contributed by atoms with E-state index < -0.39 is 14.9 Å². The molecular weight excluding hydrogens is 352 g/mol. The molecule has 0 bridgehead atoms. The predicted molar refractivity (Wildman–Crippen MR) is 99.7 cm³/mol. The molecule has 0 atom stereocenters. The molecule has 0 aromatic heterocycles. The summed E-state index contributed by atoms with van der Waals surface area (Å²) in [4.78, 5) is 10.6. The molecule has 1 fully saturated rings. The fourth-order valence-corrected chi connectivity index (χ4v) is 5.26. The van der Waals surface area contributed by atoms with E-state index in [2.05, 4.69) is 12.1 Å². The molecule has 7 heteroatoms. The summed E-state index contributed by atoms with van der Waals surface area (Å²) >= 11 is 0. The highest BCUT2D eigenvalue weighted by Gasteiger charge is 2.32. The maximum absolute atomic E-state index is 13.1. The Balaban J connectivity index is 1.85. The number of benzene rings is 2. The maximum atomic E-state index is 13.1. The van der Waals surface area contributed by atoms with Crippen LogP contribution in [-0.4, -0.2) is 30.7 Å². The minimum Gasteiger partial charge on any atom is -0.258 e. The van der Waals surface area contributed by atoms with Crippen LogP contribution in [0.3, 0.4) is 0 Å². The smallest absolute Gasteiger partial charge is 0.258 e. The Morgan fingerprint density at radius 2 is 1.69 bits per heavy atom. The van der Waals surface area contributed by atoms with E-state index in [1.54, 1.807) is 13.8 Å². The van der Waals surface area contributed by atoms with Crippen molar-refractivity contribution in [3.8, 4) is 0 Å². The molecule has 0 radical (unpaired) electrons. The van der Waals surface area contributed by atoms with Gasteiger partial charge in [-0.25, -0.2) is 8.42 Å². The molecule has 0 spiro atoms. The number of hydrogen-bond donors (Lipinski definition) is 0. The Bertz CT molecular complexity index is 918. The van der Waals surface area contributed by atoms with Crippen molar-refractivity contribution in [2.24, 2.45) is 0 Å². The van der Waals surface area contributed by atoms with Crippen LogP contribution in [0.1, 0.15) is 35.4 Å². The molecule has 1 saturated heterocycles. The first-order valence-electron chi connectivity index (χ1n) is 8.61. The Morgan fingerprint density at radius 3 is 2.27 bits per heavy atom. The summed E-state index contributed by atoms with van der Waals surface area (Å²) < 4.78 is 27.6. The highest BCUT2D eigenvalue weighted by atomic mass is 32.2. The van der Waals surface area contributed by atoms with Gasteiger partial charge in [0.05, 0.1) is 9.82 Å². The number of nitro benzene ring substituents is 1. The van der Waals surface area contributed by atoms with Gasteiger partial charge < -0.3 is 0 Å². The molecular formula is C19H22N2O4S. The third-order valence-corrected chi connectivity index (χ3v) is 7.18. The maximum Gasteiger partial charge on any atom is 0.271 e.